The quantitative estimate of drug-likeness (QED) is 0.851. The average Bonchev–Trinajstić information content (AvgIpc) is 2.68. The van der Waals surface area contributed by atoms with Crippen molar-refractivity contribution >= 4 is 17.7 Å². The lowest BCUT2D eigenvalue weighted by atomic mass is 10.0. The van der Waals surface area contributed by atoms with Gasteiger partial charge in [0.2, 0.25) is 5.91 Å². The van der Waals surface area contributed by atoms with E-state index in [1.807, 2.05) is 0 Å². The Hall–Kier alpha value is -0.220. The summed E-state index contributed by atoms with van der Waals surface area (Å²) in [6.45, 7) is 7.39. The third kappa shape index (κ3) is 3.02. The third-order valence-corrected chi connectivity index (χ3v) is 5.20. The van der Waals surface area contributed by atoms with Crippen molar-refractivity contribution in [3.05, 3.63) is 0 Å². The summed E-state index contributed by atoms with van der Waals surface area (Å²) in [5, 5.41) is 3.50. The summed E-state index contributed by atoms with van der Waals surface area (Å²) in [7, 11) is 0. The van der Waals surface area contributed by atoms with Crippen LogP contribution >= 0.6 is 11.8 Å². The fourth-order valence-electron chi connectivity index (χ4n) is 2.94. The second-order valence-corrected chi connectivity index (χ2v) is 7.08. The molecule has 4 heteroatoms. The van der Waals surface area contributed by atoms with Gasteiger partial charge in [0.25, 0.3) is 0 Å². The first-order valence-corrected chi connectivity index (χ1v) is 8.43. The molecule has 2 saturated heterocycles. The van der Waals surface area contributed by atoms with E-state index in [0.717, 1.165) is 18.9 Å². The van der Waals surface area contributed by atoms with E-state index in [1.54, 1.807) is 0 Å². The van der Waals surface area contributed by atoms with E-state index in [1.165, 1.54) is 24.3 Å². The number of amides is 1. The molecule has 0 bridgehead atoms. The molecular weight excluding hydrogens is 244 g/mol. The molecule has 2 atom stereocenters. The third-order valence-electron chi connectivity index (χ3n) is 4.15. The molecule has 0 aromatic rings. The summed E-state index contributed by atoms with van der Waals surface area (Å²) in [6.07, 6.45) is 3.82. The van der Waals surface area contributed by atoms with Crippen LogP contribution in [0.1, 0.15) is 40.0 Å². The van der Waals surface area contributed by atoms with E-state index >= 15 is 0 Å². The molecule has 3 nitrogen and oxygen atoms in total. The highest BCUT2D eigenvalue weighted by atomic mass is 32.2. The summed E-state index contributed by atoms with van der Waals surface area (Å²) >= 11 is 2.05. The molecule has 1 amide bonds. The molecule has 2 aliphatic heterocycles. The van der Waals surface area contributed by atoms with E-state index in [4.69, 9.17) is 0 Å². The maximum atomic E-state index is 12.4. The zero-order valence-electron chi connectivity index (χ0n) is 11.8. The molecule has 2 rings (SSSR count). The van der Waals surface area contributed by atoms with Gasteiger partial charge in [0.15, 0.2) is 0 Å². The highest BCUT2D eigenvalue weighted by molar-refractivity contribution is 7.99. The van der Waals surface area contributed by atoms with Crippen LogP contribution in [0.2, 0.25) is 0 Å². The molecule has 0 spiro atoms. The van der Waals surface area contributed by atoms with Crippen molar-refractivity contribution in [3.63, 3.8) is 0 Å². The first kappa shape index (κ1) is 14.2. The minimum atomic E-state index is 0.0351. The normalized spacial score (nSPS) is 30.4. The predicted octanol–water partition coefficient (Wildman–Crippen LogP) is 2.32. The smallest absolute Gasteiger partial charge is 0.241 e. The van der Waals surface area contributed by atoms with Gasteiger partial charge >= 0.3 is 0 Å². The van der Waals surface area contributed by atoms with Gasteiger partial charge in [-0.05, 0) is 42.6 Å². The second-order valence-electron chi connectivity index (χ2n) is 5.86. The highest BCUT2D eigenvalue weighted by Gasteiger charge is 2.40. The van der Waals surface area contributed by atoms with Crippen molar-refractivity contribution in [2.75, 3.05) is 18.1 Å². The van der Waals surface area contributed by atoms with Crippen LogP contribution in [0.5, 0.6) is 0 Å². The summed E-state index contributed by atoms with van der Waals surface area (Å²) < 4.78 is 0. The Labute approximate surface area is 115 Å². The number of thioether (sulfide) groups is 1. The molecule has 2 aliphatic rings. The topological polar surface area (TPSA) is 32.3 Å². The van der Waals surface area contributed by atoms with Crippen molar-refractivity contribution in [1.29, 1.82) is 0 Å². The second kappa shape index (κ2) is 6.29. The van der Waals surface area contributed by atoms with Crippen LogP contribution in [0, 0.1) is 11.8 Å². The lowest BCUT2D eigenvalue weighted by Gasteiger charge is -2.30. The highest BCUT2D eigenvalue weighted by Crippen LogP contribution is 2.27. The largest absolute Gasteiger partial charge is 0.326 e. The summed E-state index contributed by atoms with van der Waals surface area (Å²) in [5.74, 6) is 3.97. The molecule has 1 N–H and O–H groups in total. The Morgan fingerprint density at radius 3 is 2.61 bits per heavy atom. The van der Waals surface area contributed by atoms with E-state index < -0.39 is 0 Å². The maximum absolute atomic E-state index is 12.4. The first-order valence-electron chi connectivity index (χ1n) is 7.27. The van der Waals surface area contributed by atoms with Gasteiger partial charge in [-0.25, -0.2) is 0 Å². The molecule has 18 heavy (non-hydrogen) atoms. The summed E-state index contributed by atoms with van der Waals surface area (Å²) in [4.78, 5) is 14.6. The fourth-order valence-corrected chi connectivity index (χ4v) is 4.15. The van der Waals surface area contributed by atoms with Gasteiger partial charge in [-0.3, -0.25) is 10.1 Å². The lowest BCUT2D eigenvalue weighted by Crippen LogP contribution is -2.40. The van der Waals surface area contributed by atoms with Crippen molar-refractivity contribution in [1.82, 2.24) is 10.2 Å². The predicted molar refractivity (Wildman–Crippen MR) is 77.6 cm³/mol. The SMILES string of the molecule is CCC1NC(C(C)C)C(=O)N1CC1CCSCC1. The molecule has 0 aliphatic carbocycles. The minimum absolute atomic E-state index is 0.0351. The Balaban J connectivity index is 1.98. The van der Waals surface area contributed by atoms with Crippen molar-refractivity contribution in [2.45, 2.75) is 52.2 Å². The average molecular weight is 270 g/mol. The van der Waals surface area contributed by atoms with Gasteiger partial charge in [0.1, 0.15) is 0 Å². The number of hydrogen-bond acceptors (Lipinski definition) is 3. The van der Waals surface area contributed by atoms with Crippen LogP contribution in [0.25, 0.3) is 0 Å². The monoisotopic (exact) mass is 270 g/mol. The number of carbonyl (C=O) groups excluding carboxylic acids is 1. The molecule has 0 radical (unpaired) electrons. The van der Waals surface area contributed by atoms with Crippen LogP contribution in [-0.4, -0.2) is 41.1 Å². The standard InChI is InChI=1S/C14H26N2OS/c1-4-12-15-13(10(2)3)14(17)16(12)9-11-5-7-18-8-6-11/h10-13,15H,4-9H2,1-3H3. The Morgan fingerprint density at radius 2 is 2.06 bits per heavy atom. The molecule has 2 unspecified atom stereocenters. The number of nitrogens with one attached hydrogen (secondary N) is 1. The molecular formula is C14H26N2OS. The van der Waals surface area contributed by atoms with E-state index in [0.29, 0.717) is 11.8 Å². The number of rotatable bonds is 4. The summed E-state index contributed by atoms with van der Waals surface area (Å²) in [6, 6.07) is 0.0351. The molecule has 0 aromatic carbocycles. The number of hydrogen-bond donors (Lipinski definition) is 1. The molecule has 2 heterocycles. The molecule has 2 fully saturated rings. The molecule has 0 aromatic heterocycles. The van der Waals surface area contributed by atoms with E-state index in [2.05, 4.69) is 42.7 Å². The zero-order chi connectivity index (χ0) is 13.1. The lowest BCUT2D eigenvalue weighted by molar-refractivity contribution is -0.131. The maximum Gasteiger partial charge on any atom is 0.241 e. The van der Waals surface area contributed by atoms with Crippen molar-refractivity contribution in [3.8, 4) is 0 Å². The Kier molecular flexibility index (Phi) is 4.96. The zero-order valence-corrected chi connectivity index (χ0v) is 12.6. The van der Waals surface area contributed by atoms with Crippen LogP contribution in [0.3, 0.4) is 0 Å². The summed E-state index contributed by atoms with van der Waals surface area (Å²) in [5.41, 5.74) is 0. The van der Waals surface area contributed by atoms with E-state index in [9.17, 15) is 4.79 Å². The fraction of sp³-hybridized carbons (Fsp3) is 0.929. The van der Waals surface area contributed by atoms with Gasteiger partial charge < -0.3 is 4.90 Å². The van der Waals surface area contributed by atoms with Crippen LogP contribution in [0.15, 0.2) is 0 Å². The van der Waals surface area contributed by atoms with Crippen LogP contribution in [0.4, 0.5) is 0 Å². The van der Waals surface area contributed by atoms with Crippen molar-refractivity contribution in [2.24, 2.45) is 11.8 Å². The van der Waals surface area contributed by atoms with Gasteiger partial charge in [-0.15, -0.1) is 0 Å². The van der Waals surface area contributed by atoms with Gasteiger partial charge in [0.05, 0.1) is 12.2 Å². The van der Waals surface area contributed by atoms with Crippen molar-refractivity contribution < 1.29 is 4.79 Å². The van der Waals surface area contributed by atoms with Crippen LogP contribution < -0.4 is 5.32 Å². The molecule has 0 saturated carbocycles. The van der Waals surface area contributed by atoms with Crippen LogP contribution in [-0.2, 0) is 4.79 Å². The first-order chi connectivity index (χ1) is 8.63. The van der Waals surface area contributed by atoms with Gasteiger partial charge in [-0.2, -0.15) is 11.8 Å². The Bertz CT molecular complexity index is 290. The number of carbonyl (C=O) groups is 1. The minimum Gasteiger partial charge on any atom is -0.326 e. The molecule has 104 valence electrons. The Morgan fingerprint density at radius 1 is 1.39 bits per heavy atom. The number of nitrogens with zero attached hydrogens (tertiary/aromatic N) is 1. The van der Waals surface area contributed by atoms with E-state index in [-0.39, 0.29) is 12.2 Å². The van der Waals surface area contributed by atoms with Gasteiger partial charge in [-0.1, -0.05) is 20.8 Å². The van der Waals surface area contributed by atoms with Gasteiger partial charge in [0, 0.05) is 6.54 Å².